The lowest BCUT2D eigenvalue weighted by Gasteiger charge is -2.36. The number of nitrogens with one attached hydrogen (secondary N) is 1. The molecule has 1 unspecified atom stereocenters. The van der Waals surface area contributed by atoms with E-state index in [2.05, 4.69) is 20.1 Å². The van der Waals surface area contributed by atoms with Crippen molar-refractivity contribution in [3.05, 3.63) is 29.5 Å². The Morgan fingerprint density at radius 2 is 1.88 bits per heavy atom. The van der Waals surface area contributed by atoms with Gasteiger partial charge in [0.05, 0.1) is 21.3 Å². The van der Waals surface area contributed by atoms with Gasteiger partial charge in [0, 0.05) is 31.2 Å². The van der Waals surface area contributed by atoms with Crippen LogP contribution in [0.5, 0.6) is 6.01 Å². The monoisotopic (exact) mass is 594 g/mol. The number of thiazole rings is 1. The standard InChI is InChI=1S/C28H30F2N8OS.C2H6/c29-17-5-4-16(24-22(17)34-26(31)40-24)21-20(30)23-19-18(33-21)6-3-15-13-32-9-12-38(15)25(19)36-27(35-23)39-14-28-7-1-10-37(28)11-2-8-28;1-2/h4-5,15,32H,1-3,6-14H2,(H2,31,34);1-2H3. The Kier molecular flexibility index (Phi) is 7.10. The van der Waals surface area contributed by atoms with Gasteiger partial charge in [0.25, 0.3) is 0 Å². The van der Waals surface area contributed by atoms with Crippen molar-refractivity contribution in [3.8, 4) is 17.3 Å². The van der Waals surface area contributed by atoms with Gasteiger partial charge in [-0.1, -0.05) is 25.2 Å². The van der Waals surface area contributed by atoms with E-state index in [0.29, 0.717) is 34.5 Å². The molecular formula is C30H36F2N8OS. The number of ether oxygens (including phenoxy) is 1. The quantitative estimate of drug-likeness (QED) is 0.341. The molecule has 8 rings (SSSR count). The Hall–Kier alpha value is -3.22. The second-order valence-corrected chi connectivity index (χ2v) is 12.4. The van der Waals surface area contributed by atoms with Crippen LogP contribution in [0, 0.1) is 11.6 Å². The number of pyridine rings is 1. The van der Waals surface area contributed by atoms with Gasteiger partial charge in [0.1, 0.15) is 35.0 Å². The molecular weight excluding hydrogens is 558 g/mol. The molecule has 7 heterocycles. The molecule has 3 fully saturated rings. The van der Waals surface area contributed by atoms with Crippen molar-refractivity contribution < 1.29 is 13.5 Å². The lowest BCUT2D eigenvalue weighted by molar-refractivity contribution is 0.108. The second kappa shape index (κ2) is 10.8. The summed E-state index contributed by atoms with van der Waals surface area (Å²) in [6.45, 7) is 9.08. The van der Waals surface area contributed by atoms with Crippen molar-refractivity contribution >= 4 is 43.4 Å². The summed E-state index contributed by atoms with van der Waals surface area (Å²) < 4.78 is 38.0. The van der Waals surface area contributed by atoms with Gasteiger partial charge in [0.15, 0.2) is 10.9 Å². The summed E-state index contributed by atoms with van der Waals surface area (Å²) in [5.74, 6) is -0.374. The summed E-state index contributed by atoms with van der Waals surface area (Å²) in [7, 11) is 0. The summed E-state index contributed by atoms with van der Waals surface area (Å²) in [5, 5.41) is 4.34. The summed E-state index contributed by atoms with van der Waals surface area (Å²) in [6, 6.07) is 3.25. The smallest absolute Gasteiger partial charge is 0.319 e. The fourth-order valence-corrected chi connectivity index (χ4v) is 8.14. The number of nitrogens with two attached hydrogens (primary N) is 1. The molecule has 0 saturated carbocycles. The minimum atomic E-state index is -0.567. The van der Waals surface area contributed by atoms with Crippen LogP contribution in [0.15, 0.2) is 12.1 Å². The Labute approximate surface area is 247 Å². The maximum atomic E-state index is 16.6. The van der Waals surface area contributed by atoms with Crippen molar-refractivity contribution in [2.45, 2.75) is 64.0 Å². The topological polar surface area (TPSA) is 105 Å². The SMILES string of the molecule is CC.Nc1nc2c(F)ccc(-c3nc4c5c(nc(OCC67CCCN6CCC7)nc5c3F)N3CCNCC3CC4)c2s1. The Balaban J connectivity index is 0.00000141. The van der Waals surface area contributed by atoms with Gasteiger partial charge in [-0.25, -0.2) is 18.7 Å². The third-order valence-electron chi connectivity index (χ3n) is 9.20. The molecule has 12 heteroatoms. The molecule has 1 aromatic carbocycles. The third kappa shape index (κ3) is 4.37. The number of piperazine rings is 1. The van der Waals surface area contributed by atoms with Gasteiger partial charge in [-0.3, -0.25) is 4.90 Å². The van der Waals surface area contributed by atoms with Gasteiger partial charge >= 0.3 is 6.01 Å². The highest BCUT2D eigenvalue weighted by Gasteiger charge is 2.45. The molecule has 1 atom stereocenters. The van der Waals surface area contributed by atoms with Crippen LogP contribution in [0.4, 0.5) is 19.7 Å². The van der Waals surface area contributed by atoms with Crippen LogP contribution >= 0.6 is 11.3 Å². The number of anilines is 2. The first kappa shape index (κ1) is 27.6. The molecule has 0 radical (unpaired) electrons. The molecule has 9 nitrogen and oxygen atoms in total. The molecule has 4 aliphatic heterocycles. The van der Waals surface area contributed by atoms with Gasteiger partial charge in [0.2, 0.25) is 0 Å². The number of fused-ring (bicyclic) bond motifs is 4. The number of nitrogen functional groups attached to an aromatic ring is 1. The molecule has 42 heavy (non-hydrogen) atoms. The van der Waals surface area contributed by atoms with E-state index in [1.807, 2.05) is 13.8 Å². The first-order valence-electron chi connectivity index (χ1n) is 15.1. The Morgan fingerprint density at radius 1 is 1.07 bits per heavy atom. The highest BCUT2D eigenvalue weighted by atomic mass is 32.1. The zero-order chi connectivity index (χ0) is 29.0. The normalized spacial score (nSPS) is 21.1. The van der Waals surface area contributed by atoms with Gasteiger partial charge in [-0.2, -0.15) is 9.97 Å². The van der Waals surface area contributed by atoms with E-state index in [1.54, 1.807) is 6.07 Å². The number of hydrogen-bond acceptors (Lipinski definition) is 10. The maximum absolute atomic E-state index is 16.6. The number of halogens is 2. The predicted molar refractivity (Wildman–Crippen MR) is 162 cm³/mol. The second-order valence-electron chi connectivity index (χ2n) is 11.4. The van der Waals surface area contributed by atoms with Crippen molar-refractivity contribution in [2.24, 2.45) is 0 Å². The largest absolute Gasteiger partial charge is 0.461 e. The fourth-order valence-electron chi connectivity index (χ4n) is 7.28. The van der Waals surface area contributed by atoms with E-state index < -0.39 is 11.6 Å². The first-order valence-corrected chi connectivity index (χ1v) is 15.9. The van der Waals surface area contributed by atoms with Crippen LogP contribution in [0.25, 0.3) is 32.4 Å². The van der Waals surface area contributed by atoms with Crippen LogP contribution in [0.2, 0.25) is 0 Å². The van der Waals surface area contributed by atoms with Crippen molar-refractivity contribution in [3.63, 3.8) is 0 Å². The summed E-state index contributed by atoms with van der Waals surface area (Å²) in [5.41, 5.74) is 7.59. The Morgan fingerprint density at radius 3 is 2.69 bits per heavy atom. The number of hydrogen-bond donors (Lipinski definition) is 2. The van der Waals surface area contributed by atoms with E-state index >= 15 is 4.39 Å². The molecule has 0 amide bonds. The van der Waals surface area contributed by atoms with Crippen molar-refractivity contribution in [2.75, 3.05) is 50.0 Å². The molecule has 4 aliphatic rings. The van der Waals surface area contributed by atoms with E-state index in [1.165, 1.54) is 6.07 Å². The Bertz CT molecular complexity index is 1650. The number of aryl methyl sites for hydroxylation is 1. The molecule has 222 valence electrons. The first-order chi connectivity index (χ1) is 20.5. The minimum absolute atomic E-state index is 0.0168. The maximum Gasteiger partial charge on any atom is 0.319 e. The molecule has 0 aliphatic carbocycles. The third-order valence-corrected chi connectivity index (χ3v) is 10.1. The fraction of sp³-hybridized carbons (Fsp3) is 0.533. The van der Waals surface area contributed by atoms with Gasteiger partial charge < -0.3 is 20.7 Å². The van der Waals surface area contributed by atoms with E-state index in [-0.39, 0.29) is 39.5 Å². The highest BCUT2D eigenvalue weighted by Crippen LogP contribution is 2.42. The number of rotatable bonds is 4. The molecule has 3 saturated heterocycles. The average molecular weight is 595 g/mol. The van der Waals surface area contributed by atoms with Crippen LogP contribution in [-0.2, 0) is 6.42 Å². The minimum Gasteiger partial charge on any atom is -0.461 e. The highest BCUT2D eigenvalue weighted by molar-refractivity contribution is 7.22. The molecule has 0 bridgehead atoms. The molecule has 0 spiro atoms. The zero-order valence-electron chi connectivity index (χ0n) is 24.1. The molecule has 3 aromatic heterocycles. The summed E-state index contributed by atoms with van der Waals surface area (Å²) in [4.78, 5) is 23.4. The zero-order valence-corrected chi connectivity index (χ0v) is 24.9. The van der Waals surface area contributed by atoms with Crippen LogP contribution < -0.4 is 20.7 Å². The number of aromatic nitrogens is 4. The number of benzene rings is 1. The van der Waals surface area contributed by atoms with E-state index in [0.717, 1.165) is 81.9 Å². The lowest BCUT2D eigenvalue weighted by atomic mass is 9.95. The van der Waals surface area contributed by atoms with Crippen LogP contribution in [-0.4, -0.2) is 75.7 Å². The lowest BCUT2D eigenvalue weighted by Crippen LogP contribution is -2.51. The van der Waals surface area contributed by atoms with E-state index in [4.69, 9.17) is 25.4 Å². The van der Waals surface area contributed by atoms with Crippen LogP contribution in [0.1, 0.15) is 51.6 Å². The van der Waals surface area contributed by atoms with Crippen molar-refractivity contribution in [1.82, 2.24) is 30.2 Å². The summed E-state index contributed by atoms with van der Waals surface area (Å²) >= 11 is 1.13. The predicted octanol–water partition coefficient (Wildman–Crippen LogP) is 4.92. The van der Waals surface area contributed by atoms with Gasteiger partial charge in [-0.05, 0) is 63.7 Å². The van der Waals surface area contributed by atoms with Crippen molar-refractivity contribution in [1.29, 1.82) is 0 Å². The average Bonchev–Trinajstić information content (AvgIpc) is 3.69. The van der Waals surface area contributed by atoms with Crippen LogP contribution in [0.3, 0.4) is 0 Å². The summed E-state index contributed by atoms with van der Waals surface area (Å²) in [6.07, 6.45) is 6.01. The van der Waals surface area contributed by atoms with E-state index in [9.17, 15) is 4.39 Å². The molecule has 4 aromatic rings. The number of nitrogens with zero attached hydrogens (tertiary/aromatic N) is 6. The molecule has 3 N–H and O–H groups in total. The van der Waals surface area contributed by atoms with Gasteiger partial charge in [-0.15, -0.1) is 0 Å².